The lowest BCUT2D eigenvalue weighted by atomic mass is 9.83. The second-order valence-electron chi connectivity index (χ2n) is 7.99. The van der Waals surface area contributed by atoms with E-state index in [0.717, 1.165) is 31.2 Å². The molecule has 3 rings (SSSR count). The van der Waals surface area contributed by atoms with Crippen LogP contribution >= 0.6 is 0 Å². The summed E-state index contributed by atoms with van der Waals surface area (Å²) in [4.78, 5) is 23.2. The van der Waals surface area contributed by atoms with E-state index in [0.29, 0.717) is 6.42 Å². The summed E-state index contributed by atoms with van der Waals surface area (Å²) in [5.41, 5.74) is 6.83. The molecule has 1 aliphatic rings. The maximum absolute atomic E-state index is 11.7. The predicted octanol–water partition coefficient (Wildman–Crippen LogP) is 3.10. The van der Waals surface area contributed by atoms with Crippen LogP contribution in [0.2, 0.25) is 0 Å². The van der Waals surface area contributed by atoms with Crippen LogP contribution in [0.25, 0.3) is 0 Å². The van der Waals surface area contributed by atoms with Gasteiger partial charge >= 0.3 is 5.97 Å². The number of hydrogen-bond acceptors (Lipinski definition) is 6. The predicted molar refractivity (Wildman–Crippen MR) is 119 cm³/mol. The Morgan fingerprint density at radius 2 is 1.65 bits per heavy atom. The molecule has 0 aromatic heterocycles. The van der Waals surface area contributed by atoms with Crippen molar-refractivity contribution in [1.29, 1.82) is 0 Å². The first-order valence-electron chi connectivity index (χ1n) is 10.8. The Morgan fingerprint density at radius 3 is 2.19 bits per heavy atom. The number of nitrogens with two attached hydrogens (primary N) is 1. The number of aliphatic hydroxyl groups excluding tert-OH is 2. The number of carbonyl (C=O) groups is 2. The maximum atomic E-state index is 11.7. The highest BCUT2D eigenvalue weighted by molar-refractivity contribution is 5.98. The number of carbonyl (C=O) groups excluding carboxylic acids is 2. The molecule has 0 aliphatic carbocycles. The number of rotatable bonds is 8. The molecule has 0 bridgehead atoms. The first-order chi connectivity index (χ1) is 14.9. The highest BCUT2D eigenvalue weighted by atomic mass is 16.6. The van der Waals surface area contributed by atoms with Crippen molar-refractivity contribution in [3.63, 3.8) is 0 Å². The molecule has 4 N–H and O–H groups in total. The molecular weight excluding hydrogens is 394 g/mol. The van der Waals surface area contributed by atoms with Gasteiger partial charge in [0.2, 0.25) is 0 Å². The highest BCUT2D eigenvalue weighted by Crippen LogP contribution is 2.33. The number of ether oxygens (including phenoxy) is 1. The van der Waals surface area contributed by atoms with Crippen molar-refractivity contribution in [3.05, 3.63) is 71.8 Å². The number of aliphatic hydroxyl groups is 2. The Bertz CT molecular complexity index is 793. The molecule has 3 atom stereocenters. The van der Waals surface area contributed by atoms with E-state index in [-0.39, 0.29) is 24.8 Å². The van der Waals surface area contributed by atoms with Gasteiger partial charge in [-0.15, -0.1) is 0 Å². The van der Waals surface area contributed by atoms with Gasteiger partial charge < -0.3 is 20.7 Å². The maximum Gasteiger partial charge on any atom is 0.313 e. The summed E-state index contributed by atoms with van der Waals surface area (Å²) in [5, 5.41) is 18.2. The second kappa shape index (κ2) is 12.3. The van der Waals surface area contributed by atoms with Gasteiger partial charge in [-0.05, 0) is 30.4 Å². The van der Waals surface area contributed by atoms with Crippen LogP contribution in [0.5, 0.6) is 0 Å². The molecule has 0 unspecified atom stereocenters. The molecule has 0 spiro atoms. The van der Waals surface area contributed by atoms with Crippen molar-refractivity contribution in [3.8, 4) is 0 Å². The van der Waals surface area contributed by atoms with Crippen molar-refractivity contribution in [2.75, 3.05) is 6.61 Å². The summed E-state index contributed by atoms with van der Waals surface area (Å²) in [6.45, 7) is 1.84. The molecule has 1 aliphatic heterocycles. The SMILES string of the molecule is CCC[C@@]1(CCc2ccccc2)CC(=O)CC(=O)O1.N[C@H](CO)[C@H](O)c1ccccc1. The molecule has 2 aromatic rings. The second-order valence-corrected chi connectivity index (χ2v) is 7.99. The van der Waals surface area contributed by atoms with Crippen LogP contribution in [0, 0.1) is 0 Å². The average Bonchev–Trinajstić information content (AvgIpc) is 2.78. The van der Waals surface area contributed by atoms with Gasteiger partial charge in [-0.3, -0.25) is 9.59 Å². The van der Waals surface area contributed by atoms with Crippen LogP contribution < -0.4 is 5.73 Å². The van der Waals surface area contributed by atoms with Crippen molar-refractivity contribution in [2.24, 2.45) is 5.73 Å². The van der Waals surface area contributed by atoms with Gasteiger partial charge in [0, 0.05) is 6.42 Å². The first-order valence-corrected chi connectivity index (χ1v) is 10.8. The number of aryl methyl sites for hydroxylation is 1. The third kappa shape index (κ3) is 7.90. The number of esters is 1. The zero-order valence-electron chi connectivity index (χ0n) is 18.1. The third-order valence-electron chi connectivity index (χ3n) is 5.37. The zero-order chi connectivity index (χ0) is 22.7. The van der Waals surface area contributed by atoms with E-state index in [1.54, 1.807) is 12.1 Å². The van der Waals surface area contributed by atoms with Crippen molar-refractivity contribution < 1.29 is 24.5 Å². The number of cyclic esters (lactones) is 1. The molecule has 0 amide bonds. The van der Waals surface area contributed by atoms with E-state index in [9.17, 15) is 14.7 Å². The molecule has 0 radical (unpaired) electrons. The zero-order valence-corrected chi connectivity index (χ0v) is 18.1. The minimum atomic E-state index is -0.781. The molecule has 1 fully saturated rings. The van der Waals surface area contributed by atoms with Crippen LogP contribution in [0.1, 0.15) is 56.3 Å². The smallest absolute Gasteiger partial charge is 0.313 e. The number of benzene rings is 2. The fraction of sp³-hybridized carbons (Fsp3) is 0.440. The van der Waals surface area contributed by atoms with Gasteiger partial charge in [0.05, 0.1) is 18.8 Å². The lowest BCUT2D eigenvalue weighted by Crippen LogP contribution is -2.43. The monoisotopic (exact) mass is 427 g/mol. The molecule has 2 aromatic carbocycles. The minimum absolute atomic E-state index is 0.0118. The van der Waals surface area contributed by atoms with Gasteiger partial charge in [0.25, 0.3) is 0 Å². The number of Topliss-reactive ketones (excluding diaryl/α,β-unsaturated/α-hetero) is 1. The average molecular weight is 428 g/mol. The van der Waals surface area contributed by atoms with Crippen LogP contribution in [0.15, 0.2) is 60.7 Å². The fourth-order valence-electron chi connectivity index (χ4n) is 3.77. The molecule has 31 heavy (non-hydrogen) atoms. The van der Waals surface area contributed by atoms with Crippen molar-refractivity contribution in [1.82, 2.24) is 0 Å². The number of hydrogen-bond donors (Lipinski definition) is 3. The summed E-state index contributed by atoms with van der Waals surface area (Å²) in [7, 11) is 0. The highest BCUT2D eigenvalue weighted by Gasteiger charge is 2.40. The van der Waals surface area contributed by atoms with Crippen LogP contribution in [0.3, 0.4) is 0 Å². The number of ketones is 1. The molecule has 6 heteroatoms. The molecule has 0 saturated carbocycles. The lowest BCUT2D eigenvalue weighted by molar-refractivity contribution is -0.172. The van der Waals surface area contributed by atoms with Gasteiger partial charge in [0.15, 0.2) is 0 Å². The van der Waals surface area contributed by atoms with Crippen molar-refractivity contribution in [2.45, 2.75) is 63.2 Å². The summed E-state index contributed by atoms with van der Waals surface area (Å²) < 4.78 is 5.55. The van der Waals surface area contributed by atoms with E-state index in [1.807, 2.05) is 36.4 Å². The van der Waals surface area contributed by atoms with Gasteiger partial charge in [-0.2, -0.15) is 0 Å². The van der Waals surface area contributed by atoms with E-state index in [2.05, 4.69) is 19.1 Å². The minimum Gasteiger partial charge on any atom is -0.458 e. The quantitative estimate of drug-likeness (QED) is 0.441. The Hall–Kier alpha value is -2.54. The summed E-state index contributed by atoms with van der Waals surface area (Å²) in [6, 6.07) is 18.6. The van der Waals surface area contributed by atoms with E-state index in [1.165, 1.54) is 5.56 Å². The molecule has 1 saturated heterocycles. The summed E-state index contributed by atoms with van der Waals surface area (Å²) >= 11 is 0. The van der Waals surface area contributed by atoms with Crippen molar-refractivity contribution >= 4 is 11.8 Å². The molecular formula is C25H33NO5. The van der Waals surface area contributed by atoms with Crippen LogP contribution in [0.4, 0.5) is 0 Å². The summed E-state index contributed by atoms with van der Waals surface area (Å²) in [6.07, 6.45) is 2.77. The van der Waals surface area contributed by atoms with Crippen LogP contribution in [-0.4, -0.2) is 40.2 Å². The fourth-order valence-corrected chi connectivity index (χ4v) is 3.77. The Kier molecular flexibility index (Phi) is 9.85. The Balaban J connectivity index is 0.000000245. The van der Waals surface area contributed by atoms with Crippen LogP contribution in [-0.2, 0) is 20.7 Å². The first kappa shape index (κ1) is 24.7. The largest absolute Gasteiger partial charge is 0.458 e. The van der Waals surface area contributed by atoms with E-state index in [4.69, 9.17) is 15.6 Å². The van der Waals surface area contributed by atoms with Gasteiger partial charge in [-0.25, -0.2) is 0 Å². The lowest BCUT2D eigenvalue weighted by Gasteiger charge is -2.36. The molecule has 168 valence electrons. The standard InChI is InChI=1S/C16H20O3.C9H13NO2/c1-2-9-16(12-14(17)11-15(18)19-16)10-8-13-6-4-3-5-7-13;10-8(6-11)9(12)7-4-2-1-3-5-7/h3-7H,2,8-12H2,1H3;1-5,8-9,11-12H,6,10H2/t16-;8-,9-/m11/s1. The molecule has 1 heterocycles. The summed E-state index contributed by atoms with van der Waals surface area (Å²) in [5.74, 6) is -0.351. The third-order valence-corrected chi connectivity index (χ3v) is 5.37. The molecule has 6 nitrogen and oxygen atoms in total. The van der Waals surface area contributed by atoms with E-state index >= 15 is 0 Å². The normalized spacial score (nSPS) is 20.3. The Labute approximate surface area is 184 Å². The van der Waals surface area contributed by atoms with E-state index < -0.39 is 17.7 Å². The van der Waals surface area contributed by atoms with Gasteiger partial charge in [0.1, 0.15) is 17.8 Å². The Morgan fingerprint density at radius 1 is 1.03 bits per heavy atom. The topological polar surface area (TPSA) is 110 Å². The van der Waals surface area contributed by atoms with Gasteiger partial charge in [-0.1, -0.05) is 74.0 Å².